The molecule has 0 aliphatic carbocycles. The second kappa shape index (κ2) is 9.89. The summed E-state index contributed by atoms with van der Waals surface area (Å²) in [6.45, 7) is 4.00. The van der Waals surface area contributed by atoms with E-state index in [9.17, 15) is 8.42 Å². The molecular formula is C24H33N3O6S. The Morgan fingerprint density at radius 2 is 1.47 bits per heavy atom. The van der Waals surface area contributed by atoms with Crippen LogP contribution in [-0.2, 0) is 23.0 Å². The highest BCUT2D eigenvalue weighted by molar-refractivity contribution is 7.89. The molecule has 2 aromatic carbocycles. The predicted octanol–water partition coefficient (Wildman–Crippen LogP) is 2.22. The summed E-state index contributed by atoms with van der Waals surface area (Å²) < 4.78 is 51.1. The van der Waals surface area contributed by atoms with Gasteiger partial charge in [-0.25, -0.2) is 8.42 Å². The van der Waals surface area contributed by atoms with Crippen molar-refractivity contribution in [1.82, 2.24) is 9.21 Å². The molecule has 0 spiro atoms. The van der Waals surface area contributed by atoms with E-state index in [-0.39, 0.29) is 11.4 Å². The lowest BCUT2D eigenvalue weighted by Gasteiger charge is -2.35. The van der Waals surface area contributed by atoms with E-state index < -0.39 is 10.0 Å². The number of sulfonamides is 1. The SMILES string of the molecule is COc1ccc(S(=O)(=O)N2CCc3cc(OC)c(OC)c(OC)c3C2)cc1N1CCN(C)CC1. The molecule has 2 aliphatic rings. The lowest BCUT2D eigenvalue weighted by molar-refractivity contribution is 0.310. The van der Waals surface area contributed by atoms with Gasteiger partial charge in [0.25, 0.3) is 0 Å². The Balaban J connectivity index is 1.68. The summed E-state index contributed by atoms with van der Waals surface area (Å²) in [6, 6.07) is 7.00. The summed E-state index contributed by atoms with van der Waals surface area (Å²) in [5.41, 5.74) is 2.59. The Bertz CT molecular complexity index is 1150. The van der Waals surface area contributed by atoms with E-state index in [0.29, 0.717) is 36.0 Å². The smallest absolute Gasteiger partial charge is 0.243 e. The first kappa shape index (κ1) is 24.4. The summed E-state index contributed by atoms with van der Waals surface area (Å²) >= 11 is 0. The zero-order valence-corrected chi connectivity index (χ0v) is 21.3. The highest BCUT2D eigenvalue weighted by atomic mass is 32.2. The molecule has 0 radical (unpaired) electrons. The average molecular weight is 492 g/mol. The number of rotatable bonds is 7. The van der Waals surface area contributed by atoms with Gasteiger partial charge >= 0.3 is 0 Å². The topological polar surface area (TPSA) is 80.8 Å². The maximum absolute atomic E-state index is 13.7. The van der Waals surface area contributed by atoms with Crippen molar-refractivity contribution in [2.24, 2.45) is 0 Å². The highest BCUT2D eigenvalue weighted by Gasteiger charge is 2.33. The maximum atomic E-state index is 13.7. The van der Waals surface area contributed by atoms with Gasteiger partial charge in [-0.2, -0.15) is 4.31 Å². The molecule has 1 saturated heterocycles. The van der Waals surface area contributed by atoms with Gasteiger partial charge in [0.05, 0.1) is 39.0 Å². The van der Waals surface area contributed by atoms with E-state index in [1.165, 1.54) is 4.31 Å². The van der Waals surface area contributed by atoms with Crippen LogP contribution in [0.1, 0.15) is 11.1 Å². The molecule has 0 aromatic heterocycles. The van der Waals surface area contributed by atoms with Crippen LogP contribution in [0.5, 0.6) is 23.0 Å². The van der Waals surface area contributed by atoms with Crippen molar-refractivity contribution in [3.8, 4) is 23.0 Å². The van der Waals surface area contributed by atoms with Crippen LogP contribution in [0.2, 0.25) is 0 Å². The van der Waals surface area contributed by atoms with Gasteiger partial charge in [-0.1, -0.05) is 0 Å². The van der Waals surface area contributed by atoms with Crippen LogP contribution in [0.4, 0.5) is 5.69 Å². The number of piperazine rings is 1. The molecule has 0 unspecified atom stereocenters. The fraction of sp³-hybridized carbons (Fsp3) is 0.500. The number of fused-ring (bicyclic) bond motifs is 1. The first-order chi connectivity index (χ1) is 16.3. The van der Waals surface area contributed by atoms with Crippen molar-refractivity contribution in [3.05, 3.63) is 35.4 Å². The standard InChI is InChI=1S/C24H33N3O6S/c1-25-10-12-26(13-11-25)20-15-18(6-7-21(20)30-2)34(28,29)27-9-8-17-14-22(31-3)24(33-5)23(32-4)19(17)16-27/h6-7,14-15H,8-13,16H2,1-5H3. The largest absolute Gasteiger partial charge is 0.495 e. The maximum Gasteiger partial charge on any atom is 0.243 e. The summed E-state index contributed by atoms with van der Waals surface area (Å²) in [4.78, 5) is 4.69. The predicted molar refractivity (Wildman–Crippen MR) is 130 cm³/mol. The van der Waals surface area contributed by atoms with Gasteiger partial charge in [0, 0.05) is 44.8 Å². The molecule has 0 amide bonds. The van der Waals surface area contributed by atoms with Crippen LogP contribution >= 0.6 is 0 Å². The molecule has 10 heteroatoms. The van der Waals surface area contributed by atoms with Crippen LogP contribution in [0, 0.1) is 0 Å². The molecule has 2 aliphatic heterocycles. The van der Waals surface area contributed by atoms with Crippen molar-refractivity contribution in [3.63, 3.8) is 0 Å². The van der Waals surface area contributed by atoms with Gasteiger partial charge in [-0.3, -0.25) is 0 Å². The van der Waals surface area contributed by atoms with Crippen LogP contribution in [0.3, 0.4) is 0 Å². The van der Waals surface area contributed by atoms with E-state index in [1.807, 2.05) is 6.07 Å². The first-order valence-electron chi connectivity index (χ1n) is 11.3. The Kier molecular flexibility index (Phi) is 7.11. The molecule has 0 N–H and O–H groups in total. The fourth-order valence-electron chi connectivity index (χ4n) is 4.64. The highest BCUT2D eigenvalue weighted by Crippen LogP contribution is 2.44. The summed E-state index contributed by atoms with van der Waals surface area (Å²) in [5, 5.41) is 0. The Hall–Kier alpha value is -2.69. The third-order valence-electron chi connectivity index (χ3n) is 6.62. The van der Waals surface area contributed by atoms with Crippen molar-refractivity contribution < 1.29 is 27.4 Å². The third-order valence-corrected chi connectivity index (χ3v) is 8.46. The second-order valence-electron chi connectivity index (χ2n) is 8.50. The van der Waals surface area contributed by atoms with Gasteiger partial charge in [-0.15, -0.1) is 0 Å². The molecule has 9 nitrogen and oxygen atoms in total. The van der Waals surface area contributed by atoms with Gasteiger partial charge in [0.1, 0.15) is 5.75 Å². The Morgan fingerprint density at radius 1 is 0.794 bits per heavy atom. The number of benzene rings is 2. The first-order valence-corrected chi connectivity index (χ1v) is 12.7. The Labute approximate surface area is 201 Å². The molecule has 1 fully saturated rings. The molecule has 186 valence electrons. The minimum Gasteiger partial charge on any atom is -0.495 e. The normalized spacial score (nSPS) is 17.3. The number of nitrogens with zero attached hydrogens (tertiary/aromatic N) is 3. The number of hydrogen-bond acceptors (Lipinski definition) is 8. The molecular weight excluding hydrogens is 458 g/mol. The zero-order valence-electron chi connectivity index (χ0n) is 20.5. The van der Waals surface area contributed by atoms with Gasteiger partial charge in [0.2, 0.25) is 15.8 Å². The third kappa shape index (κ3) is 4.37. The van der Waals surface area contributed by atoms with Gasteiger partial charge in [0.15, 0.2) is 11.5 Å². The van der Waals surface area contributed by atoms with Crippen LogP contribution in [0.25, 0.3) is 0 Å². The molecule has 0 saturated carbocycles. The molecule has 34 heavy (non-hydrogen) atoms. The number of ether oxygens (including phenoxy) is 4. The zero-order chi connectivity index (χ0) is 24.5. The van der Waals surface area contributed by atoms with E-state index in [2.05, 4.69) is 16.8 Å². The summed E-state index contributed by atoms with van der Waals surface area (Å²) in [7, 11) is 4.62. The minimum atomic E-state index is -3.75. The van der Waals surface area contributed by atoms with Crippen LogP contribution < -0.4 is 23.8 Å². The van der Waals surface area contributed by atoms with E-state index in [1.54, 1.807) is 46.6 Å². The molecule has 0 atom stereocenters. The number of hydrogen-bond donors (Lipinski definition) is 0. The van der Waals surface area contributed by atoms with Gasteiger partial charge in [-0.05, 0) is 43.3 Å². The number of likely N-dealkylation sites (N-methyl/N-ethyl adjacent to an activating group) is 1. The molecule has 4 rings (SSSR count). The lowest BCUT2D eigenvalue weighted by atomic mass is 9.99. The van der Waals surface area contributed by atoms with Crippen LogP contribution in [-0.4, -0.2) is 85.8 Å². The molecule has 2 aromatic rings. The monoisotopic (exact) mass is 491 g/mol. The quantitative estimate of drug-likeness (QED) is 0.583. The Morgan fingerprint density at radius 3 is 2.09 bits per heavy atom. The van der Waals surface area contributed by atoms with E-state index >= 15 is 0 Å². The van der Waals surface area contributed by atoms with Gasteiger partial charge < -0.3 is 28.7 Å². The minimum absolute atomic E-state index is 0.192. The van der Waals surface area contributed by atoms with E-state index in [0.717, 1.165) is 43.0 Å². The van der Waals surface area contributed by atoms with Crippen molar-refractivity contribution in [1.29, 1.82) is 0 Å². The summed E-state index contributed by atoms with van der Waals surface area (Å²) in [6.07, 6.45) is 0.548. The van der Waals surface area contributed by atoms with Crippen molar-refractivity contribution in [2.45, 2.75) is 17.9 Å². The molecule has 0 bridgehead atoms. The van der Waals surface area contributed by atoms with Crippen LogP contribution in [0.15, 0.2) is 29.2 Å². The second-order valence-corrected chi connectivity index (χ2v) is 10.4. The van der Waals surface area contributed by atoms with E-state index in [4.69, 9.17) is 18.9 Å². The fourth-order valence-corrected chi connectivity index (χ4v) is 6.07. The number of methoxy groups -OCH3 is 4. The average Bonchev–Trinajstić information content (AvgIpc) is 2.87. The summed E-state index contributed by atoms with van der Waals surface area (Å²) in [5.74, 6) is 2.21. The lowest BCUT2D eigenvalue weighted by Crippen LogP contribution is -2.44. The molecule has 2 heterocycles. The number of anilines is 1. The van der Waals surface area contributed by atoms with Crippen molar-refractivity contribution in [2.75, 3.05) is 73.1 Å². The van der Waals surface area contributed by atoms with Crippen molar-refractivity contribution >= 4 is 15.7 Å².